The van der Waals surface area contributed by atoms with Crippen LogP contribution in [0.3, 0.4) is 0 Å². The maximum absolute atomic E-state index is 11.8. The van der Waals surface area contributed by atoms with Gasteiger partial charge in [0.25, 0.3) is 0 Å². The third kappa shape index (κ3) is 5.44. The van der Waals surface area contributed by atoms with Gasteiger partial charge in [-0.3, -0.25) is 9.69 Å². The van der Waals surface area contributed by atoms with Crippen LogP contribution < -0.4 is 11.1 Å². The summed E-state index contributed by atoms with van der Waals surface area (Å²) in [5, 5.41) is 2.83. The SMILES string of the molecule is COCCNC(=O)C(C)N(CCN)C(C)C. The average molecular weight is 231 g/mol. The molecule has 0 spiro atoms. The van der Waals surface area contributed by atoms with Crippen molar-refractivity contribution < 1.29 is 9.53 Å². The van der Waals surface area contributed by atoms with Gasteiger partial charge in [-0.25, -0.2) is 0 Å². The van der Waals surface area contributed by atoms with Crippen LogP contribution in [0.25, 0.3) is 0 Å². The lowest BCUT2D eigenvalue weighted by atomic mass is 10.2. The molecule has 0 rings (SSSR count). The molecule has 0 aliphatic heterocycles. The highest BCUT2D eigenvalue weighted by molar-refractivity contribution is 5.81. The minimum Gasteiger partial charge on any atom is -0.383 e. The van der Waals surface area contributed by atoms with Gasteiger partial charge in [-0.2, -0.15) is 0 Å². The summed E-state index contributed by atoms with van der Waals surface area (Å²) >= 11 is 0. The Morgan fingerprint density at radius 2 is 2.06 bits per heavy atom. The average Bonchev–Trinajstić information content (AvgIpc) is 2.24. The molecule has 0 aliphatic rings. The molecule has 16 heavy (non-hydrogen) atoms. The molecule has 0 saturated carbocycles. The summed E-state index contributed by atoms with van der Waals surface area (Å²) in [6.07, 6.45) is 0. The highest BCUT2D eigenvalue weighted by Crippen LogP contribution is 2.04. The van der Waals surface area contributed by atoms with E-state index in [1.807, 2.05) is 6.92 Å². The second-order valence-electron chi connectivity index (χ2n) is 4.08. The Hall–Kier alpha value is -0.650. The van der Waals surface area contributed by atoms with Gasteiger partial charge in [0, 0.05) is 32.8 Å². The summed E-state index contributed by atoms with van der Waals surface area (Å²) in [7, 11) is 1.62. The maximum atomic E-state index is 11.8. The molecule has 0 bridgehead atoms. The van der Waals surface area contributed by atoms with Gasteiger partial charge in [0.15, 0.2) is 0 Å². The lowest BCUT2D eigenvalue weighted by Crippen LogP contribution is -2.50. The van der Waals surface area contributed by atoms with Gasteiger partial charge in [-0.05, 0) is 20.8 Å². The summed E-state index contributed by atoms with van der Waals surface area (Å²) in [6, 6.07) is 0.159. The highest BCUT2D eigenvalue weighted by Gasteiger charge is 2.22. The van der Waals surface area contributed by atoms with Crippen LogP contribution in [0.4, 0.5) is 0 Å². The normalized spacial score (nSPS) is 13.2. The standard InChI is InChI=1S/C11H25N3O2/c1-9(2)14(7-5-12)10(3)11(15)13-6-8-16-4/h9-10H,5-8,12H2,1-4H3,(H,13,15). The number of nitrogens with one attached hydrogen (secondary N) is 1. The zero-order valence-electron chi connectivity index (χ0n) is 10.8. The van der Waals surface area contributed by atoms with Crippen molar-refractivity contribution in [2.24, 2.45) is 5.73 Å². The predicted octanol–water partition coefficient (Wildman–Crippen LogP) is -0.193. The fourth-order valence-electron chi connectivity index (χ4n) is 1.62. The fourth-order valence-corrected chi connectivity index (χ4v) is 1.62. The van der Waals surface area contributed by atoms with Gasteiger partial charge in [-0.1, -0.05) is 0 Å². The number of nitrogens with zero attached hydrogens (tertiary/aromatic N) is 1. The number of carbonyl (C=O) groups excluding carboxylic acids is 1. The quantitative estimate of drug-likeness (QED) is 0.568. The Bertz CT molecular complexity index is 198. The van der Waals surface area contributed by atoms with Gasteiger partial charge >= 0.3 is 0 Å². The second-order valence-corrected chi connectivity index (χ2v) is 4.08. The maximum Gasteiger partial charge on any atom is 0.237 e. The van der Waals surface area contributed by atoms with Crippen molar-refractivity contribution in [2.45, 2.75) is 32.9 Å². The Morgan fingerprint density at radius 3 is 2.50 bits per heavy atom. The lowest BCUT2D eigenvalue weighted by molar-refractivity contribution is -0.126. The largest absolute Gasteiger partial charge is 0.383 e. The van der Waals surface area contributed by atoms with E-state index < -0.39 is 0 Å². The second kappa shape index (κ2) is 8.50. The van der Waals surface area contributed by atoms with E-state index >= 15 is 0 Å². The first kappa shape index (κ1) is 15.3. The molecule has 3 N–H and O–H groups in total. The molecular formula is C11H25N3O2. The molecule has 5 heteroatoms. The minimum absolute atomic E-state index is 0.0270. The van der Waals surface area contributed by atoms with Crippen LogP contribution in [0, 0.1) is 0 Å². The van der Waals surface area contributed by atoms with Crippen molar-refractivity contribution in [1.29, 1.82) is 0 Å². The van der Waals surface area contributed by atoms with E-state index in [9.17, 15) is 4.79 Å². The van der Waals surface area contributed by atoms with Crippen LogP contribution in [0.2, 0.25) is 0 Å². The van der Waals surface area contributed by atoms with Crippen LogP contribution in [-0.2, 0) is 9.53 Å². The number of nitrogens with two attached hydrogens (primary N) is 1. The van der Waals surface area contributed by atoms with E-state index in [4.69, 9.17) is 10.5 Å². The molecular weight excluding hydrogens is 206 g/mol. The lowest BCUT2D eigenvalue weighted by Gasteiger charge is -2.31. The topological polar surface area (TPSA) is 67.6 Å². The number of hydrogen-bond donors (Lipinski definition) is 2. The van der Waals surface area contributed by atoms with Crippen molar-refractivity contribution in [2.75, 3.05) is 33.4 Å². The van der Waals surface area contributed by atoms with Crippen molar-refractivity contribution >= 4 is 5.91 Å². The van der Waals surface area contributed by atoms with Crippen LogP contribution in [0.15, 0.2) is 0 Å². The molecule has 0 heterocycles. The zero-order chi connectivity index (χ0) is 12.6. The monoisotopic (exact) mass is 231 g/mol. The zero-order valence-corrected chi connectivity index (χ0v) is 10.8. The molecule has 1 amide bonds. The summed E-state index contributed by atoms with van der Waals surface area (Å²) in [5.41, 5.74) is 5.53. The van der Waals surface area contributed by atoms with E-state index in [0.717, 1.165) is 6.54 Å². The molecule has 0 radical (unpaired) electrons. The smallest absolute Gasteiger partial charge is 0.237 e. The van der Waals surface area contributed by atoms with Crippen molar-refractivity contribution in [3.8, 4) is 0 Å². The van der Waals surface area contributed by atoms with E-state index in [1.165, 1.54) is 0 Å². The van der Waals surface area contributed by atoms with E-state index in [-0.39, 0.29) is 11.9 Å². The van der Waals surface area contributed by atoms with Crippen LogP contribution in [0.1, 0.15) is 20.8 Å². The summed E-state index contributed by atoms with van der Waals surface area (Å²) in [4.78, 5) is 13.9. The van der Waals surface area contributed by atoms with E-state index in [0.29, 0.717) is 25.7 Å². The van der Waals surface area contributed by atoms with Crippen molar-refractivity contribution in [3.05, 3.63) is 0 Å². The molecule has 0 aromatic carbocycles. The van der Waals surface area contributed by atoms with Crippen LogP contribution in [0.5, 0.6) is 0 Å². The Balaban J connectivity index is 4.14. The number of carbonyl (C=O) groups is 1. The van der Waals surface area contributed by atoms with Gasteiger partial charge in [0.05, 0.1) is 12.6 Å². The Kier molecular flexibility index (Phi) is 8.15. The third-order valence-electron chi connectivity index (χ3n) is 2.53. The molecule has 5 nitrogen and oxygen atoms in total. The Labute approximate surface area is 98.3 Å². The molecule has 0 aliphatic carbocycles. The molecule has 1 unspecified atom stereocenters. The highest BCUT2D eigenvalue weighted by atomic mass is 16.5. The van der Waals surface area contributed by atoms with Gasteiger partial charge in [-0.15, -0.1) is 0 Å². The molecule has 96 valence electrons. The van der Waals surface area contributed by atoms with Gasteiger partial charge in [0.1, 0.15) is 0 Å². The third-order valence-corrected chi connectivity index (χ3v) is 2.53. The first-order valence-electron chi connectivity index (χ1n) is 5.77. The number of methoxy groups -OCH3 is 1. The predicted molar refractivity (Wildman–Crippen MR) is 65.2 cm³/mol. The van der Waals surface area contributed by atoms with Gasteiger partial charge < -0.3 is 15.8 Å². The van der Waals surface area contributed by atoms with Crippen LogP contribution >= 0.6 is 0 Å². The molecule has 1 atom stereocenters. The Morgan fingerprint density at radius 1 is 1.44 bits per heavy atom. The van der Waals surface area contributed by atoms with E-state index in [1.54, 1.807) is 7.11 Å². The number of hydrogen-bond acceptors (Lipinski definition) is 4. The minimum atomic E-state index is -0.152. The van der Waals surface area contributed by atoms with E-state index in [2.05, 4.69) is 24.1 Å². The van der Waals surface area contributed by atoms with Crippen LogP contribution in [-0.4, -0.2) is 56.2 Å². The number of rotatable bonds is 8. The summed E-state index contributed by atoms with van der Waals surface area (Å²) < 4.78 is 4.88. The first-order valence-corrected chi connectivity index (χ1v) is 5.77. The molecule has 0 fully saturated rings. The summed E-state index contributed by atoms with van der Waals surface area (Å²) in [6.45, 7) is 8.41. The molecule has 0 aromatic rings. The number of amides is 1. The number of ether oxygens (including phenoxy) is 1. The first-order chi connectivity index (χ1) is 7.54. The molecule has 0 saturated heterocycles. The van der Waals surface area contributed by atoms with Crippen molar-refractivity contribution in [1.82, 2.24) is 10.2 Å². The fraction of sp³-hybridized carbons (Fsp3) is 0.909. The van der Waals surface area contributed by atoms with Gasteiger partial charge in [0.2, 0.25) is 5.91 Å². The summed E-state index contributed by atoms with van der Waals surface area (Å²) in [5.74, 6) is 0.0270. The molecule has 0 aromatic heterocycles. The van der Waals surface area contributed by atoms with Crippen molar-refractivity contribution in [3.63, 3.8) is 0 Å².